The lowest BCUT2D eigenvalue weighted by Crippen LogP contribution is -2.11. The van der Waals surface area contributed by atoms with Gasteiger partial charge in [0.05, 0.1) is 0 Å². The lowest BCUT2D eigenvalue weighted by Gasteiger charge is -1.89. The fourth-order valence-electron chi connectivity index (χ4n) is 0.713. The number of amides is 1. The van der Waals surface area contributed by atoms with Crippen LogP contribution in [0.3, 0.4) is 0 Å². The maximum atomic E-state index is 10.5. The fourth-order valence-corrected chi connectivity index (χ4v) is 0.713. The SMILES string of the molecule is CCCC/C=C/C=C(\C)C(N)=O. The zero-order chi connectivity index (χ0) is 9.40. The second-order valence-corrected chi connectivity index (χ2v) is 2.78. The average molecular weight is 167 g/mol. The molecule has 1 amide bonds. The molecule has 0 bridgehead atoms. The zero-order valence-electron chi connectivity index (χ0n) is 7.84. The summed E-state index contributed by atoms with van der Waals surface area (Å²) in [7, 11) is 0. The van der Waals surface area contributed by atoms with Gasteiger partial charge in [0.15, 0.2) is 0 Å². The van der Waals surface area contributed by atoms with Gasteiger partial charge < -0.3 is 5.73 Å². The quantitative estimate of drug-likeness (QED) is 0.380. The first-order valence-electron chi connectivity index (χ1n) is 4.31. The molecule has 2 heteroatoms. The van der Waals surface area contributed by atoms with Crippen molar-refractivity contribution in [1.29, 1.82) is 0 Å². The molecule has 0 aromatic heterocycles. The van der Waals surface area contributed by atoms with E-state index >= 15 is 0 Å². The maximum Gasteiger partial charge on any atom is 0.244 e. The molecule has 0 saturated heterocycles. The molecule has 0 atom stereocenters. The molecule has 0 spiro atoms. The Hall–Kier alpha value is -1.05. The Morgan fingerprint density at radius 1 is 1.50 bits per heavy atom. The molecule has 0 fully saturated rings. The molecule has 0 heterocycles. The first-order chi connectivity index (χ1) is 5.68. The summed E-state index contributed by atoms with van der Waals surface area (Å²) in [6.07, 6.45) is 9.14. The van der Waals surface area contributed by atoms with Gasteiger partial charge in [0.25, 0.3) is 0 Å². The highest BCUT2D eigenvalue weighted by atomic mass is 16.1. The van der Waals surface area contributed by atoms with Crippen LogP contribution in [0.5, 0.6) is 0 Å². The minimum absolute atomic E-state index is 0.352. The molecule has 2 N–H and O–H groups in total. The molecule has 0 unspecified atom stereocenters. The van der Waals surface area contributed by atoms with Gasteiger partial charge in [0.2, 0.25) is 5.91 Å². The summed E-state index contributed by atoms with van der Waals surface area (Å²) in [5.74, 6) is -0.352. The van der Waals surface area contributed by atoms with E-state index in [0.717, 1.165) is 6.42 Å². The molecule has 12 heavy (non-hydrogen) atoms. The summed E-state index contributed by atoms with van der Waals surface area (Å²) >= 11 is 0. The van der Waals surface area contributed by atoms with Crippen LogP contribution in [-0.4, -0.2) is 5.91 Å². The minimum atomic E-state index is -0.352. The zero-order valence-corrected chi connectivity index (χ0v) is 7.84. The number of rotatable bonds is 5. The van der Waals surface area contributed by atoms with Gasteiger partial charge in [-0.1, -0.05) is 38.0 Å². The molecular formula is C10H17NO. The molecule has 0 aliphatic heterocycles. The number of unbranched alkanes of at least 4 members (excludes halogenated alkanes) is 2. The van der Waals surface area contributed by atoms with Crippen molar-refractivity contribution in [3.8, 4) is 0 Å². The van der Waals surface area contributed by atoms with Crippen LogP contribution in [0, 0.1) is 0 Å². The van der Waals surface area contributed by atoms with Crippen LogP contribution in [0.15, 0.2) is 23.8 Å². The van der Waals surface area contributed by atoms with Gasteiger partial charge in [-0.2, -0.15) is 0 Å². The minimum Gasteiger partial charge on any atom is -0.366 e. The van der Waals surface area contributed by atoms with Crippen molar-refractivity contribution in [3.63, 3.8) is 0 Å². The van der Waals surface area contributed by atoms with E-state index < -0.39 is 0 Å². The van der Waals surface area contributed by atoms with E-state index in [-0.39, 0.29) is 5.91 Å². The molecular weight excluding hydrogens is 150 g/mol. The van der Waals surface area contributed by atoms with Crippen molar-refractivity contribution < 1.29 is 4.79 Å². The van der Waals surface area contributed by atoms with Crippen molar-refractivity contribution in [1.82, 2.24) is 0 Å². The van der Waals surface area contributed by atoms with Crippen molar-refractivity contribution in [2.24, 2.45) is 5.73 Å². The normalized spacial score (nSPS) is 12.3. The first kappa shape index (κ1) is 11.0. The van der Waals surface area contributed by atoms with Gasteiger partial charge >= 0.3 is 0 Å². The largest absolute Gasteiger partial charge is 0.366 e. The van der Waals surface area contributed by atoms with Crippen molar-refractivity contribution >= 4 is 5.91 Å². The summed E-state index contributed by atoms with van der Waals surface area (Å²) < 4.78 is 0. The monoisotopic (exact) mass is 167 g/mol. The number of carbonyl (C=O) groups excluding carboxylic acids is 1. The Morgan fingerprint density at radius 2 is 2.17 bits per heavy atom. The first-order valence-corrected chi connectivity index (χ1v) is 4.31. The molecule has 2 nitrogen and oxygen atoms in total. The van der Waals surface area contributed by atoms with Crippen molar-refractivity contribution in [2.45, 2.75) is 33.1 Å². The van der Waals surface area contributed by atoms with Crippen LogP contribution < -0.4 is 5.73 Å². The van der Waals surface area contributed by atoms with E-state index in [0.29, 0.717) is 5.57 Å². The third-order valence-electron chi connectivity index (χ3n) is 1.60. The predicted molar refractivity (Wildman–Crippen MR) is 51.6 cm³/mol. The van der Waals surface area contributed by atoms with E-state index in [1.54, 1.807) is 13.0 Å². The van der Waals surface area contributed by atoms with Gasteiger partial charge in [-0.05, 0) is 13.3 Å². The number of primary amides is 1. The number of carbonyl (C=O) groups is 1. The van der Waals surface area contributed by atoms with E-state index in [9.17, 15) is 4.79 Å². The standard InChI is InChI=1S/C10H17NO/c1-3-4-5-6-7-8-9(2)10(11)12/h6-8H,3-5H2,1-2H3,(H2,11,12)/b7-6+,9-8+. The number of hydrogen-bond donors (Lipinski definition) is 1. The molecule has 0 saturated carbocycles. The Morgan fingerprint density at radius 3 is 2.67 bits per heavy atom. The number of nitrogens with two attached hydrogens (primary N) is 1. The van der Waals surface area contributed by atoms with Gasteiger partial charge in [-0.25, -0.2) is 0 Å². The molecule has 0 radical (unpaired) electrons. The maximum absolute atomic E-state index is 10.5. The average Bonchev–Trinajstić information content (AvgIpc) is 2.03. The Balaban J connectivity index is 3.71. The van der Waals surface area contributed by atoms with Crippen LogP contribution in [-0.2, 0) is 4.79 Å². The van der Waals surface area contributed by atoms with Crippen LogP contribution in [0.1, 0.15) is 33.1 Å². The van der Waals surface area contributed by atoms with Gasteiger partial charge in [0, 0.05) is 5.57 Å². The second kappa shape index (κ2) is 6.65. The fraction of sp³-hybridized carbons (Fsp3) is 0.500. The molecule has 68 valence electrons. The summed E-state index contributed by atoms with van der Waals surface area (Å²) in [6, 6.07) is 0. The Bertz CT molecular complexity index is 192. The highest BCUT2D eigenvalue weighted by Gasteiger charge is 1.92. The predicted octanol–water partition coefficient (Wildman–Crippen LogP) is 2.16. The Kier molecular flexibility index (Phi) is 6.07. The Labute approximate surface area is 74.1 Å². The molecule has 0 rings (SSSR count). The van der Waals surface area contributed by atoms with Crippen molar-refractivity contribution in [2.75, 3.05) is 0 Å². The summed E-state index contributed by atoms with van der Waals surface area (Å²) in [4.78, 5) is 10.5. The van der Waals surface area contributed by atoms with Gasteiger partial charge in [-0.3, -0.25) is 4.79 Å². The van der Waals surface area contributed by atoms with E-state index in [1.165, 1.54) is 12.8 Å². The van der Waals surface area contributed by atoms with E-state index in [1.807, 2.05) is 6.08 Å². The number of hydrogen-bond acceptors (Lipinski definition) is 1. The topological polar surface area (TPSA) is 43.1 Å². The lowest BCUT2D eigenvalue weighted by atomic mass is 10.2. The smallest absolute Gasteiger partial charge is 0.244 e. The highest BCUT2D eigenvalue weighted by Crippen LogP contribution is 1.96. The van der Waals surface area contributed by atoms with Crippen LogP contribution >= 0.6 is 0 Å². The summed E-state index contributed by atoms with van der Waals surface area (Å²) in [5.41, 5.74) is 5.64. The van der Waals surface area contributed by atoms with Gasteiger partial charge in [-0.15, -0.1) is 0 Å². The van der Waals surface area contributed by atoms with Gasteiger partial charge in [0.1, 0.15) is 0 Å². The summed E-state index contributed by atoms with van der Waals surface area (Å²) in [6.45, 7) is 3.87. The molecule has 0 aliphatic carbocycles. The molecule has 0 aromatic carbocycles. The third kappa shape index (κ3) is 5.71. The summed E-state index contributed by atoms with van der Waals surface area (Å²) in [5, 5.41) is 0. The van der Waals surface area contributed by atoms with Crippen LogP contribution in [0.2, 0.25) is 0 Å². The second-order valence-electron chi connectivity index (χ2n) is 2.78. The van der Waals surface area contributed by atoms with Crippen LogP contribution in [0.4, 0.5) is 0 Å². The highest BCUT2D eigenvalue weighted by molar-refractivity contribution is 5.91. The van der Waals surface area contributed by atoms with E-state index in [4.69, 9.17) is 5.73 Å². The van der Waals surface area contributed by atoms with Crippen molar-refractivity contribution in [3.05, 3.63) is 23.8 Å². The molecule has 0 aromatic rings. The number of allylic oxidation sites excluding steroid dienone is 3. The van der Waals surface area contributed by atoms with E-state index in [2.05, 4.69) is 13.0 Å². The molecule has 0 aliphatic rings. The lowest BCUT2D eigenvalue weighted by molar-refractivity contribution is -0.114. The van der Waals surface area contributed by atoms with Crippen LogP contribution in [0.25, 0.3) is 0 Å². The third-order valence-corrected chi connectivity index (χ3v) is 1.60.